The van der Waals surface area contributed by atoms with E-state index in [-0.39, 0.29) is 0 Å². The second kappa shape index (κ2) is 3.68. The molecule has 0 saturated heterocycles. The van der Waals surface area contributed by atoms with E-state index >= 15 is 0 Å². The summed E-state index contributed by atoms with van der Waals surface area (Å²) in [6.45, 7) is 4.34. The van der Waals surface area contributed by atoms with E-state index < -0.39 is 0 Å². The molecule has 1 aromatic rings. The van der Waals surface area contributed by atoms with E-state index in [0.29, 0.717) is 0 Å². The van der Waals surface area contributed by atoms with Crippen molar-refractivity contribution in [3.05, 3.63) is 30.1 Å². The van der Waals surface area contributed by atoms with Gasteiger partial charge in [0.05, 0.1) is 26.3 Å². The van der Waals surface area contributed by atoms with Crippen LogP contribution in [-0.2, 0) is 6.54 Å². The average molecular weight is 165 g/mol. The molecule has 66 valence electrons. The topological polar surface area (TPSA) is 12.9 Å². The standard InChI is InChI=1S/C10H17N2/c1-4-12(2,3)9-10-7-5-6-8-11-10/h5-8H,4,9H2,1-3H3/q+1. The number of pyridine rings is 1. The van der Waals surface area contributed by atoms with E-state index in [0.717, 1.165) is 17.6 Å². The summed E-state index contributed by atoms with van der Waals surface area (Å²) in [5.74, 6) is 0. The van der Waals surface area contributed by atoms with Crippen molar-refractivity contribution in [1.82, 2.24) is 4.98 Å². The van der Waals surface area contributed by atoms with Crippen LogP contribution < -0.4 is 0 Å². The van der Waals surface area contributed by atoms with Gasteiger partial charge in [0, 0.05) is 6.20 Å². The maximum Gasteiger partial charge on any atom is 0.121 e. The largest absolute Gasteiger partial charge is 0.324 e. The average Bonchev–Trinajstić information content (AvgIpc) is 2.06. The Morgan fingerprint density at radius 2 is 2.08 bits per heavy atom. The van der Waals surface area contributed by atoms with E-state index in [4.69, 9.17) is 0 Å². The molecule has 1 aromatic heterocycles. The quantitative estimate of drug-likeness (QED) is 0.621. The van der Waals surface area contributed by atoms with E-state index in [1.165, 1.54) is 5.69 Å². The molecule has 0 bridgehead atoms. The van der Waals surface area contributed by atoms with Gasteiger partial charge in [-0.3, -0.25) is 4.98 Å². The maximum absolute atomic E-state index is 4.30. The van der Waals surface area contributed by atoms with Gasteiger partial charge in [-0.05, 0) is 19.1 Å². The Morgan fingerprint density at radius 3 is 2.58 bits per heavy atom. The molecule has 0 fully saturated rings. The van der Waals surface area contributed by atoms with Crippen molar-refractivity contribution in [3.63, 3.8) is 0 Å². The lowest BCUT2D eigenvalue weighted by Gasteiger charge is -2.27. The Balaban J connectivity index is 2.64. The van der Waals surface area contributed by atoms with E-state index in [9.17, 15) is 0 Å². The van der Waals surface area contributed by atoms with Crippen molar-refractivity contribution in [1.29, 1.82) is 0 Å². The number of aromatic nitrogens is 1. The van der Waals surface area contributed by atoms with Gasteiger partial charge in [0.15, 0.2) is 0 Å². The monoisotopic (exact) mass is 165 g/mol. The van der Waals surface area contributed by atoms with Crippen LogP contribution in [0.3, 0.4) is 0 Å². The lowest BCUT2D eigenvalue weighted by molar-refractivity contribution is -0.902. The molecule has 0 radical (unpaired) electrons. The summed E-state index contributed by atoms with van der Waals surface area (Å²) in [5, 5.41) is 0. The molecule has 0 atom stereocenters. The normalized spacial score (nSPS) is 11.6. The highest BCUT2D eigenvalue weighted by Gasteiger charge is 2.12. The molecule has 0 amide bonds. The number of nitrogens with zero attached hydrogens (tertiary/aromatic N) is 2. The SMILES string of the molecule is CC[N+](C)(C)Cc1ccccn1. The molecule has 0 spiro atoms. The van der Waals surface area contributed by atoms with Crippen molar-refractivity contribution in [2.24, 2.45) is 0 Å². The second-order valence-corrected chi connectivity index (χ2v) is 3.73. The van der Waals surface area contributed by atoms with Gasteiger partial charge in [0.2, 0.25) is 0 Å². The molecule has 0 aliphatic rings. The summed E-state index contributed by atoms with van der Waals surface area (Å²) in [6.07, 6.45) is 1.85. The van der Waals surface area contributed by atoms with Gasteiger partial charge in [-0.2, -0.15) is 0 Å². The van der Waals surface area contributed by atoms with Crippen molar-refractivity contribution in [2.45, 2.75) is 13.5 Å². The highest BCUT2D eigenvalue weighted by molar-refractivity contribution is 5.01. The van der Waals surface area contributed by atoms with Crippen LogP contribution in [0.4, 0.5) is 0 Å². The molecule has 0 aromatic carbocycles. The summed E-state index contributed by atoms with van der Waals surface area (Å²) >= 11 is 0. The first-order valence-electron chi connectivity index (χ1n) is 4.36. The molecule has 1 heterocycles. The van der Waals surface area contributed by atoms with E-state index in [2.05, 4.69) is 32.1 Å². The minimum absolute atomic E-state index is 0.997. The first-order valence-corrected chi connectivity index (χ1v) is 4.36. The van der Waals surface area contributed by atoms with Crippen LogP contribution in [0.25, 0.3) is 0 Å². The first kappa shape index (κ1) is 9.20. The van der Waals surface area contributed by atoms with Crippen LogP contribution >= 0.6 is 0 Å². The zero-order valence-electron chi connectivity index (χ0n) is 8.12. The number of rotatable bonds is 3. The van der Waals surface area contributed by atoms with Crippen LogP contribution in [-0.4, -0.2) is 30.1 Å². The molecule has 0 N–H and O–H groups in total. The van der Waals surface area contributed by atoms with Crippen molar-refractivity contribution in [2.75, 3.05) is 20.6 Å². The van der Waals surface area contributed by atoms with Crippen LogP contribution in [0, 0.1) is 0 Å². The Morgan fingerprint density at radius 1 is 1.33 bits per heavy atom. The highest BCUT2D eigenvalue weighted by atomic mass is 15.3. The van der Waals surface area contributed by atoms with Gasteiger partial charge in [0.1, 0.15) is 6.54 Å². The lowest BCUT2D eigenvalue weighted by atomic mass is 10.3. The highest BCUT2D eigenvalue weighted by Crippen LogP contribution is 2.04. The fourth-order valence-electron chi connectivity index (χ4n) is 1.04. The van der Waals surface area contributed by atoms with E-state index in [1.807, 2.05) is 18.3 Å². The smallest absolute Gasteiger partial charge is 0.121 e. The van der Waals surface area contributed by atoms with Crippen LogP contribution in [0.2, 0.25) is 0 Å². The van der Waals surface area contributed by atoms with Crippen LogP contribution in [0.5, 0.6) is 0 Å². The summed E-state index contributed by atoms with van der Waals surface area (Å²) in [5.41, 5.74) is 1.17. The molecular weight excluding hydrogens is 148 g/mol. The van der Waals surface area contributed by atoms with E-state index in [1.54, 1.807) is 0 Å². The van der Waals surface area contributed by atoms with Gasteiger partial charge >= 0.3 is 0 Å². The zero-order chi connectivity index (χ0) is 9.03. The van der Waals surface area contributed by atoms with Gasteiger partial charge in [-0.1, -0.05) is 6.07 Å². The Hall–Kier alpha value is -0.890. The number of hydrogen-bond acceptors (Lipinski definition) is 1. The molecule has 0 aliphatic carbocycles. The molecular formula is C10H17N2+. The van der Waals surface area contributed by atoms with Crippen molar-refractivity contribution >= 4 is 0 Å². The predicted molar refractivity (Wildman–Crippen MR) is 50.6 cm³/mol. The molecule has 0 unspecified atom stereocenters. The summed E-state index contributed by atoms with van der Waals surface area (Å²) in [7, 11) is 4.43. The van der Waals surface area contributed by atoms with Gasteiger partial charge < -0.3 is 4.48 Å². The molecule has 2 nitrogen and oxygen atoms in total. The Labute approximate surface area is 74.4 Å². The Bertz CT molecular complexity index is 229. The third kappa shape index (κ3) is 2.62. The van der Waals surface area contributed by atoms with Gasteiger partial charge in [0.25, 0.3) is 0 Å². The van der Waals surface area contributed by atoms with Crippen LogP contribution in [0.1, 0.15) is 12.6 Å². The molecule has 2 heteroatoms. The summed E-state index contributed by atoms with van der Waals surface area (Å²) in [4.78, 5) is 4.30. The van der Waals surface area contributed by atoms with Gasteiger partial charge in [-0.25, -0.2) is 0 Å². The third-order valence-electron chi connectivity index (χ3n) is 2.17. The number of quaternary nitrogens is 1. The lowest BCUT2D eigenvalue weighted by Crippen LogP contribution is -2.38. The third-order valence-corrected chi connectivity index (χ3v) is 2.17. The van der Waals surface area contributed by atoms with Crippen molar-refractivity contribution in [3.8, 4) is 0 Å². The van der Waals surface area contributed by atoms with Gasteiger partial charge in [-0.15, -0.1) is 0 Å². The maximum atomic E-state index is 4.30. The Kier molecular flexibility index (Phi) is 2.82. The predicted octanol–water partition coefficient (Wildman–Crippen LogP) is 1.68. The minimum atomic E-state index is 0.997. The zero-order valence-corrected chi connectivity index (χ0v) is 8.12. The molecule has 0 aliphatic heterocycles. The molecule has 0 saturated carbocycles. The minimum Gasteiger partial charge on any atom is -0.324 e. The summed E-state index contributed by atoms with van der Waals surface area (Å²) in [6, 6.07) is 6.07. The second-order valence-electron chi connectivity index (χ2n) is 3.73. The fraction of sp³-hybridized carbons (Fsp3) is 0.500. The summed E-state index contributed by atoms with van der Waals surface area (Å²) < 4.78 is 0.997. The molecule has 1 rings (SSSR count). The van der Waals surface area contributed by atoms with Crippen LogP contribution in [0.15, 0.2) is 24.4 Å². The first-order chi connectivity index (χ1) is 5.64. The molecule has 12 heavy (non-hydrogen) atoms. The number of hydrogen-bond donors (Lipinski definition) is 0. The van der Waals surface area contributed by atoms with Crippen molar-refractivity contribution < 1.29 is 4.48 Å². The fourth-order valence-corrected chi connectivity index (χ4v) is 1.04.